The van der Waals surface area contributed by atoms with Crippen LogP contribution in [0.5, 0.6) is 0 Å². The van der Waals surface area contributed by atoms with E-state index in [9.17, 15) is 13.2 Å². The van der Waals surface area contributed by atoms with Crippen molar-refractivity contribution in [3.8, 4) is 0 Å². The third-order valence-electron chi connectivity index (χ3n) is 6.37. The molecule has 1 heterocycles. The maximum Gasteiger partial charge on any atom is 0.330 e. The van der Waals surface area contributed by atoms with Gasteiger partial charge in [0.2, 0.25) is 10.0 Å². The van der Waals surface area contributed by atoms with E-state index >= 15 is 0 Å². The molecule has 8 heteroatoms. The summed E-state index contributed by atoms with van der Waals surface area (Å²) < 4.78 is 30.7. The minimum absolute atomic E-state index is 0.175. The number of benzene rings is 1. The molecule has 1 fully saturated rings. The number of hydrogen-bond acceptors (Lipinski definition) is 5. The molecular formula is C30H45ClN2O4S. The van der Waals surface area contributed by atoms with Crippen LogP contribution in [0.1, 0.15) is 70.4 Å². The molecule has 0 spiro atoms. The lowest BCUT2D eigenvalue weighted by molar-refractivity contribution is -0.137. The van der Waals surface area contributed by atoms with E-state index in [-0.39, 0.29) is 11.9 Å². The Morgan fingerprint density at radius 2 is 1.87 bits per heavy atom. The first-order valence-electron chi connectivity index (χ1n) is 13.4. The van der Waals surface area contributed by atoms with Crippen LogP contribution in [0.3, 0.4) is 0 Å². The summed E-state index contributed by atoms with van der Waals surface area (Å²) >= 11 is 6.42. The highest BCUT2D eigenvalue weighted by Gasteiger charge is 2.31. The first-order valence-corrected chi connectivity index (χ1v) is 15.7. The SMILES string of the molecule is C/C=C(/C=C/C(=O)OCC)c1cc(Cl)ccc1C(C/C=C\C/C=C\NC)C1CCN(S(C)(=O)=O)CC1.CC. The number of sulfonamides is 1. The van der Waals surface area contributed by atoms with Gasteiger partial charge in [-0.05, 0) is 92.5 Å². The van der Waals surface area contributed by atoms with Crippen LogP contribution in [0, 0.1) is 5.92 Å². The van der Waals surface area contributed by atoms with Crippen LogP contribution in [-0.4, -0.2) is 51.7 Å². The molecule has 1 saturated heterocycles. The Kier molecular flexibility index (Phi) is 16.0. The standard InChI is InChI=1S/C28H39ClN2O4S.C2H6/c1-5-22(12-15-28(32)35-6-2)27-21-24(29)13-14-26(27)25(11-9-7-8-10-18-30-3)23-16-19-31(20-17-23)36(4,33)34;1-2/h5,7,9-10,12-15,18,21,23,25,30H,6,8,11,16-17,19-20H2,1-4H3;1-2H3/b9-7-,15-12+,18-10-,22-5-;. The fourth-order valence-electron chi connectivity index (χ4n) is 4.58. The molecule has 0 amide bonds. The summed E-state index contributed by atoms with van der Waals surface area (Å²) in [5, 5.41) is 3.62. The average molecular weight is 565 g/mol. The topological polar surface area (TPSA) is 75.7 Å². The van der Waals surface area contributed by atoms with Crippen LogP contribution < -0.4 is 5.32 Å². The van der Waals surface area contributed by atoms with Gasteiger partial charge in [0.25, 0.3) is 0 Å². The average Bonchev–Trinajstić information content (AvgIpc) is 2.90. The van der Waals surface area contributed by atoms with Crippen molar-refractivity contribution in [1.29, 1.82) is 0 Å². The van der Waals surface area contributed by atoms with E-state index in [1.807, 2.05) is 52.2 Å². The first-order chi connectivity index (χ1) is 18.2. The number of ether oxygens (including phenoxy) is 1. The van der Waals surface area contributed by atoms with E-state index < -0.39 is 10.0 Å². The van der Waals surface area contributed by atoms with Gasteiger partial charge in [-0.3, -0.25) is 0 Å². The summed E-state index contributed by atoms with van der Waals surface area (Å²) in [6.45, 7) is 9.08. The lowest BCUT2D eigenvalue weighted by atomic mass is 9.76. The molecule has 0 radical (unpaired) electrons. The lowest BCUT2D eigenvalue weighted by Gasteiger charge is -2.36. The van der Waals surface area contributed by atoms with E-state index in [1.54, 1.807) is 17.3 Å². The van der Waals surface area contributed by atoms with Gasteiger partial charge in [0.05, 0.1) is 12.9 Å². The van der Waals surface area contributed by atoms with Crippen LogP contribution in [0.2, 0.25) is 5.02 Å². The van der Waals surface area contributed by atoms with E-state index in [2.05, 4.69) is 29.6 Å². The maximum atomic E-state index is 12.1. The van der Waals surface area contributed by atoms with Crippen molar-refractivity contribution >= 4 is 33.2 Å². The number of carbonyl (C=O) groups excluding carboxylic acids is 1. The molecule has 0 aromatic heterocycles. The van der Waals surface area contributed by atoms with Gasteiger partial charge in [0.15, 0.2) is 0 Å². The molecule has 0 aliphatic carbocycles. The Morgan fingerprint density at radius 1 is 1.18 bits per heavy atom. The van der Waals surface area contributed by atoms with Crippen molar-refractivity contribution in [2.75, 3.05) is 33.0 Å². The Morgan fingerprint density at radius 3 is 2.45 bits per heavy atom. The van der Waals surface area contributed by atoms with E-state index in [0.29, 0.717) is 30.6 Å². The van der Waals surface area contributed by atoms with Crippen molar-refractivity contribution in [3.05, 3.63) is 77.0 Å². The molecule has 1 aliphatic heterocycles. The summed E-state index contributed by atoms with van der Waals surface area (Å²) in [7, 11) is -1.32. The van der Waals surface area contributed by atoms with Crippen LogP contribution in [0.4, 0.5) is 0 Å². The molecule has 1 aromatic carbocycles. The Bertz CT molecular complexity index is 1090. The predicted octanol–water partition coefficient (Wildman–Crippen LogP) is 6.71. The van der Waals surface area contributed by atoms with Gasteiger partial charge in [-0.1, -0.05) is 55.8 Å². The van der Waals surface area contributed by atoms with Crippen LogP contribution >= 0.6 is 11.6 Å². The minimum Gasteiger partial charge on any atom is -0.463 e. The highest BCUT2D eigenvalue weighted by atomic mass is 35.5. The number of piperidine rings is 1. The van der Waals surface area contributed by atoms with Crippen LogP contribution in [0.25, 0.3) is 5.57 Å². The van der Waals surface area contributed by atoms with Gasteiger partial charge in [0.1, 0.15) is 0 Å². The summed E-state index contributed by atoms with van der Waals surface area (Å²) in [5.74, 6) is 0.102. The largest absolute Gasteiger partial charge is 0.463 e. The van der Waals surface area contributed by atoms with Crippen LogP contribution in [0.15, 0.2) is 60.9 Å². The normalized spacial score (nSPS) is 16.6. The van der Waals surface area contributed by atoms with Crippen LogP contribution in [-0.2, 0) is 19.6 Å². The van der Waals surface area contributed by atoms with Gasteiger partial charge in [0, 0.05) is 31.2 Å². The molecule has 1 N–H and O–H groups in total. The Balaban J connectivity index is 0.00000352. The second-order valence-corrected chi connectivity index (χ2v) is 11.2. The van der Waals surface area contributed by atoms with Gasteiger partial charge in [-0.25, -0.2) is 17.5 Å². The van der Waals surface area contributed by atoms with E-state index in [0.717, 1.165) is 42.4 Å². The zero-order chi connectivity index (χ0) is 28.6. The fourth-order valence-corrected chi connectivity index (χ4v) is 5.62. The molecule has 0 saturated carbocycles. The predicted molar refractivity (Wildman–Crippen MR) is 161 cm³/mol. The quantitative estimate of drug-likeness (QED) is 0.132. The number of esters is 1. The molecule has 2 rings (SSSR count). The summed E-state index contributed by atoms with van der Waals surface area (Å²) in [6.07, 6.45) is 18.0. The van der Waals surface area contributed by atoms with Gasteiger partial charge < -0.3 is 10.1 Å². The highest BCUT2D eigenvalue weighted by molar-refractivity contribution is 7.88. The number of rotatable bonds is 12. The fraction of sp³-hybridized carbons (Fsp3) is 0.500. The number of allylic oxidation sites excluding steroid dienone is 6. The van der Waals surface area contributed by atoms with Crippen molar-refractivity contribution in [2.24, 2.45) is 5.92 Å². The van der Waals surface area contributed by atoms with Gasteiger partial charge in [-0.2, -0.15) is 0 Å². The zero-order valence-electron chi connectivity index (χ0n) is 23.7. The number of nitrogens with zero attached hydrogens (tertiary/aromatic N) is 1. The first kappa shape index (κ1) is 33.7. The molecule has 38 heavy (non-hydrogen) atoms. The summed E-state index contributed by atoms with van der Waals surface area (Å²) in [4.78, 5) is 12.0. The van der Waals surface area contributed by atoms with E-state index in [1.165, 1.54) is 12.3 Å². The third kappa shape index (κ3) is 11.2. The van der Waals surface area contributed by atoms with Crippen molar-refractivity contribution in [2.45, 2.75) is 59.3 Å². The smallest absolute Gasteiger partial charge is 0.330 e. The second-order valence-electron chi connectivity index (χ2n) is 8.80. The molecule has 212 valence electrons. The third-order valence-corrected chi connectivity index (χ3v) is 7.91. The van der Waals surface area contributed by atoms with Gasteiger partial charge >= 0.3 is 5.97 Å². The highest BCUT2D eigenvalue weighted by Crippen LogP contribution is 2.40. The Labute approximate surface area is 235 Å². The summed E-state index contributed by atoms with van der Waals surface area (Å²) in [5.41, 5.74) is 3.01. The van der Waals surface area contributed by atoms with Crippen molar-refractivity contribution in [3.63, 3.8) is 0 Å². The summed E-state index contributed by atoms with van der Waals surface area (Å²) in [6, 6.07) is 5.92. The Hall–Kier alpha value is -2.35. The molecule has 1 atom stereocenters. The molecule has 1 unspecified atom stereocenters. The molecule has 0 bridgehead atoms. The van der Waals surface area contributed by atoms with Gasteiger partial charge in [-0.15, -0.1) is 0 Å². The minimum atomic E-state index is -3.19. The number of hydrogen-bond donors (Lipinski definition) is 1. The number of carbonyl (C=O) groups is 1. The van der Waals surface area contributed by atoms with Crippen molar-refractivity contribution in [1.82, 2.24) is 9.62 Å². The molecule has 1 aromatic rings. The monoisotopic (exact) mass is 564 g/mol. The molecule has 1 aliphatic rings. The van der Waals surface area contributed by atoms with Crippen molar-refractivity contribution < 1.29 is 17.9 Å². The molecular weight excluding hydrogens is 520 g/mol. The zero-order valence-corrected chi connectivity index (χ0v) is 25.3. The number of nitrogens with one attached hydrogen (secondary N) is 1. The number of halogens is 1. The lowest BCUT2D eigenvalue weighted by Crippen LogP contribution is -2.39. The maximum absolute atomic E-state index is 12.1. The molecule has 6 nitrogen and oxygen atoms in total. The van der Waals surface area contributed by atoms with E-state index in [4.69, 9.17) is 16.3 Å². The second kappa shape index (κ2) is 18.0.